The number of methoxy groups -OCH3 is 2. The minimum Gasteiger partial charge on any atom is -0.468 e. The molecule has 0 saturated heterocycles. The summed E-state index contributed by atoms with van der Waals surface area (Å²) in [5.41, 5.74) is 1.17. The molecule has 0 aliphatic heterocycles. The third kappa shape index (κ3) is 4.83. The molecule has 1 unspecified atom stereocenters. The molecule has 0 radical (unpaired) electrons. The van der Waals surface area contributed by atoms with E-state index in [1.807, 2.05) is 37.3 Å². The average Bonchev–Trinajstić information content (AvgIpc) is 2.73. The Morgan fingerprint density at radius 1 is 1.00 bits per heavy atom. The van der Waals surface area contributed by atoms with Crippen LogP contribution < -0.4 is 0 Å². The van der Waals surface area contributed by atoms with E-state index in [1.54, 1.807) is 6.92 Å². The van der Waals surface area contributed by atoms with Gasteiger partial charge in [-0.2, -0.15) is 4.31 Å². The van der Waals surface area contributed by atoms with E-state index < -0.39 is 34.5 Å². The summed E-state index contributed by atoms with van der Waals surface area (Å²) in [6, 6.07) is 12.9. The molecular formula is C21H25NO6S. The van der Waals surface area contributed by atoms with E-state index in [9.17, 15) is 18.0 Å². The number of nitrogens with zero attached hydrogens (tertiary/aromatic N) is 1. The van der Waals surface area contributed by atoms with Crippen LogP contribution in [-0.4, -0.2) is 45.4 Å². The number of sulfonamides is 1. The van der Waals surface area contributed by atoms with Gasteiger partial charge in [-0.3, -0.25) is 4.79 Å². The molecule has 0 heterocycles. The molecule has 0 aliphatic rings. The summed E-state index contributed by atoms with van der Waals surface area (Å²) in [6.45, 7) is 2.93. The molecule has 0 bridgehead atoms. The third-order valence-electron chi connectivity index (χ3n) is 4.71. The van der Waals surface area contributed by atoms with Crippen molar-refractivity contribution in [2.75, 3.05) is 20.8 Å². The summed E-state index contributed by atoms with van der Waals surface area (Å²) in [4.78, 5) is 24.0. The van der Waals surface area contributed by atoms with E-state index in [4.69, 9.17) is 9.47 Å². The van der Waals surface area contributed by atoms with Gasteiger partial charge in [-0.1, -0.05) is 43.3 Å². The Hall–Kier alpha value is -2.71. The van der Waals surface area contributed by atoms with Crippen LogP contribution in [0.5, 0.6) is 0 Å². The molecule has 8 heteroatoms. The Morgan fingerprint density at radius 3 is 2.21 bits per heavy atom. The number of hydrogen-bond acceptors (Lipinski definition) is 6. The molecule has 0 amide bonds. The summed E-state index contributed by atoms with van der Waals surface area (Å²) in [6.07, 6.45) is 0.440. The summed E-state index contributed by atoms with van der Waals surface area (Å²) in [5, 5.41) is 0. The quantitative estimate of drug-likeness (QED) is 0.611. The molecule has 0 saturated carbocycles. The fraction of sp³-hybridized carbons (Fsp3) is 0.333. The zero-order chi connectivity index (χ0) is 21.6. The molecule has 0 N–H and O–H groups in total. The molecule has 0 fully saturated rings. The van der Waals surface area contributed by atoms with Crippen molar-refractivity contribution < 1.29 is 27.5 Å². The fourth-order valence-electron chi connectivity index (χ4n) is 3.19. The lowest BCUT2D eigenvalue weighted by Crippen LogP contribution is -2.39. The van der Waals surface area contributed by atoms with Crippen LogP contribution in [-0.2, 0) is 24.3 Å². The first-order valence-corrected chi connectivity index (χ1v) is 10.5. The van der Waals surface area contributed by atoms with Crippen LogP contribution in [0.2, 0.25) is 0 Å². The predicted molar refractivity (Wildman–Crippen MR) is 108 cm³/mol. The van der Waals surface area contributed by atoms with Crippen molar-refractivity contribution in [3.05, 3.63) is 65.2 Å². The zero-order valence-electron chi connectivity index (χ0n) is 16.9. The molecule has 1 atom stereocenters. The van der Waals surface area contributed by atoms with Gasteiger partial charge < -0.3 is 9.47 Å². The van der Waals surface area contributed by atoms with Crippen molar-refractivity contribution in [3.8, 4) is 0 Å². The fourth-order valence-corrected chi connectivity index (χ4v) is 5.07. The minimum absolute atomic E-state index is 0.0568. The van der Waals surface area contributed by atoms with Crippen LogP contribution in [0.15, 0.2) is 53.4 Å². The lowest BCUT2D eigenvalue weighted by atomic mass is 10.0. The van der Waals surface area contributed by atoms with Gasteiger partial charge in [0.2, 0.25) is 10.0 Å². The van der Waals surface area contributed by atoms with Gasteiger partial charge in [0.15, 0.2) is 0 Å². The molecule has 7 nitrogen and oxygen atoms in total. The van der Waals surface area contributed by atoms with Gasteiger partial charge in [-0.05, 0) is 36.6 Å². The van der Waals surface area contributed by atoms with Crippen molar-refractivity contribution in [2.45, 2.75) is 31.2 Å². The number of ether oxygens (including phenoxy) is 2. The highest BCUT2D eigenvalue weighted by atomic mass is 32.2. The topological polar surface area (TPSA) is 90.0 Å². The SMILES string of the molecule is CCC(c1ccccc1)N(CC(=O)OC)S(=O)(=O)c1cccc(C(=O)OC)c1C. The van der Waals surface area contributed by atoms with E-state index in [2.05, 4.69) is 0 Å². The second kappa shape index (κ2) is 9.67. The standard InChI is InChI=1S/C21H25NO6S/c1-5-18(16-10-7-6-8-11-16)22(14-20(23)27-3)29(25,26)19-13-9-12-17(15(19)2)21(24)28-4/h6-13,18H,5,14H2,1-4H3. The normalized spacial score (nSPS) is 12.4. The van der Waals surface area contributed by atoms with E-state index in [1.165, 1.54) is 32.4 Å². The molecule has 0 spiro atoms. The number of benzene rings is 2. The second-order valence-corrected chi connectivity index (χ2v) is 8.24. The molecule has 0 aliphatic carbocycles. The Morgan fingerprint density at radius 2 is 1.66 bits per heavy atom. The van der Waals surface area contributed by atoms with E-state index in [0.717, 1.165) is 9.87 Å². The highest BCUT2D eigenvalue weighted by Gasteiger charge is 2.35. The molecule has 2 aromatic carbocycles. The maximum atomic E-state index is 13.6. The molecule has 29 heavy (non-hydrogen) atoms. The Kier molecular flexibility index (Phi) is 7.53. The third-order valence-corrected chi connectivity index (χ3v) is 6.71. The molecular weight excluding hydrogens is 394 g/mol. The Labute approximate surface area is 171 Å². The lowest BCUT2D eigenvalue weighted by Gasteiger charge is -2.30. The van der Waals surface area contributed by atoms with E-state index in [-0.39, 0.29) is 16.0 Å². The Bertz CT molecular complexity index is 972. The number of rotatable bonds is 8. The van der Waals surface area contributed by atoms with E-state index >= 15 is 0 Å². The largest absolute Gasteiger partial charge is 0.468 e. The highest BCUT2D eigenvalue weighted by molar-refractivity contribution is 7.89. The molecule has 2 aromatic rings. The van der Waals surface area contributed by atoms with Crippen LogP contribution in [0.1, 0.15) is 40.9 Å². The number of carbonyl (C=O) groups is 2. The lowest BCUT2D eigenvalue weighted by molar-refractivity contribution is -0.141. The van der Waals surface area contributed by atoms with E-state index in [0.29, 0.717) is 6.42 Å². The van der Waals surface area contributed by atoms with Crippen molar-refractivity contribution >= 4 is 22.0 Å². The predicted octanol–water partition coefficient (Wildman–Crippen LogP) is 3.10. The number of carbonyl (C=O) groups excluding carboxylic acids is 2. The summed E-state index contributed by atoms with van der Waals surface area (Å²) in [7, 11) is -1.70. The van der Waals surface area contributed by atoms with Crippen LogP contribution in [0, 0.1) is 6.92 Å². The summed E-state index contributed by atoms with van der Waals surface area (Å²) < 4.78 is 37.8. The zero-order valence-corrected chi connectivity index (χ0v) is 17.7. The van der Waals surface area contributed by atoms with Gasteiger partial charge in [-0.25, -0.2) is 13.2 Å². The average molecular weight is 419 g/mol. The van der Waals surface area contributed by atoms with Gasteiger partial charge in [0.1, 0.15) is 6.54 Å². The molecule has 0 aromatic heterocycles. The first-order valence-electron chi connectivity index (χ1n) is 9.09. The summed E-state index contributed by atoms with van der Waals surface area (Å²) >= 11 is 0. The van der Waals surface area contributed by atoms with Gasteiger partial charge in [-0.15, -0.1) is 0 Å². The van der Waals surface area contributed by atoms with Gasteiger partial charge in [0.25, 0.3) is 0 Å². The van der Waals surface area contributed by atoms with Crippen molar-refractivity contribution in [3.63, 3.8) is 0 Å². The first-order chi connectivity index (χ1) is 13.8. The maximum absolute atomic E-state index is 13.6. The molecule has 156 valence electrons. The smallest absolute Gasteiger partial charge is 0.338 e. The van der Waals surface area contributed by atoms with Gasteiger partial charge >= 0.3 is 11.9 Å². The van der Waals surface area contributed by atoms with Gasteiger partial charge in [0.05, 0.1) is 30.7 Å². The van der Waals surface area contributed by atoms with Crippen molar-refractivity contribution in [1.29, 1.82) is 0 Å². The Balaban J connectivity index is 2.64. The van der Waals surface area contributed by atoms with Crippen molar-refractivity contribution in [2.24, 2.45) is 0 Å². The van der Waals surface area contributed by atoms with Crippen molar-refractivity contribution in [1.82, 2.24) is 4.31 Å². The highest BCUT2D eigenvalue weighted by Crippen LogP contribution is 2.32. The first kappa shape index (κ1) is 22.6. The monoisotopic (exact) mass is 419 g/mol. The summed E-state index contributed by atoms with van der Waals surface area (Å²) in [5.74, 6) is -1.31. The van der Waals surface area contributed by atoms with Gasteiger partial charge in [0, 0.05) is 0 Å². The number of hydrogen-bond donors (Lipinski definition) is 0. The number of esters is 2. The minimum atomic E-state index is -4.14. The molecule has 2 rings (SSSR count). The van der Waals surface area contributed by atoms with Crippen LogP contribution >= 0.6 is 0 Å². The maximum Gasteiger partial charge on any atom is 0.338 e. The van der Waals surface area contributed by atoms with Crippen LogP contribution in [0.3, 0.4) is 0 Å². The second-order valence-electron chi connectivity index (χ2n) is 6.38. The van der Waals surface area contributed by atoms with Crippen LogP contribution in [0.4, 0.5) is 0 Å². The van der Waals surface area contributed by atoms with Crippen LogP contribution in [0.25, 0.3) is 0 Å².